The van der Waals surface area contributed by atoms with E-state index >= 15 is 0 Å². The molecule has 0 amide bonds. The van der Waals surface area contributed by atoms with Crippen molar-refractivity contribution in [3.8, 4) is 0 Å². The van der Waals surface area contributed by atoms with Gasteiger partial charge in [-0.15, -0.1) is 11.3 Å². The van der Waals surface area contributed by atoms with Gasteiger partial charge < -0.3 is 20.2 Å². The molecule has 0 fully saturated rings. The zero-order valence-electron chi connectivity index (χ0n) is 12.2. The van der Waals surface area contributed by atoms with E-state index in [0.717, 1.165) is 4.88 Å². The molecule has 22 heavy (non-hydrogen) atoms. The maximum atomic E-state index is 13.9. The minimum Gasteiger partial charge on any atom is -0.466 e. The lowest BCUT2D eigenvalue weighted by Crippen LogP contribution is -2.20. The number of aliphatic imine (C=N–C) groups is 1. The molecule has 0 saturated heterocycles. The number of nitrogens with two attached hydrogens (primary N) is 1. The Kier molecular flexibility index (Phi) is 6.02. The van der Waals surface area contributed by atoms with Crippen LogP contribution < -0.4 is 11.1 Å². The van der Waals surface area contributed by atoms with Gasteiger partial charge in [0.2, 0.25) is 0 Å². The average molecular weight is 323 g/mol. The number of thiophene rings is 1. The van der Waals surface area contributed by atoms with Crippen molar-refractivity contribution in [1.29, 1.82) is 0 Å². The fourth-order valence-electron chi connectivity index (χ4n) is 1.63. The molecule has 3 N–H and O–H groups in total. The number of rotatable bonds is 7. The normalized spacial score (nSPS) is 12.9. The first-order valence-corrected chi connectivity index (χ1v) is 7.71. The molecule has 0 bridgehead atoms. The summed E-state index contributed by atoms with van der Waals surface area (Å²) in [6.07, 6.45) is 1.76. The molecule has 0 atom stereocenters. The topological polar surface area (TPSA) is 72.8 Å². The summed E-state index contributed by atoms with van der Waals surface area (Å²) in [5, 5.41) is 4.90. The molecule has 2 aromatic rings. The molecule has 0 aliphatic heterocycles. The van der Waals surface area contributed by atoms with Crippen LogP contribution in [0, 0.1) is 0 Å². The molecule has 0 spiro atoms. The highest BCUT2D eigenvalue weighted by Gasteiger charge is 2.07. The highest BCUT2D eigenvalue weighted by Crippen LogP contribution is 2.13. The lowest BCUT2D eigenvalue weighted by molar-refractivity contribution is 0.253. The number of nitrogens with zero attached hydrogens (tertiary/aromatic N) is 1. The van der Waals surface area contributed by atoms with Crippen LogP contribution in [0.4, 0.5) is 4.39 Å². The number of ether oxygens (including phenoxy) is 1. The highest BCUT2D eigenvalue weighted by molar-refractivity contribution is 7.09. The maximum Gasteiger partial charge on any atom is 0.289 e. The molecule has 0 unspecified atom stereocenters. The van der Waals surface area contributed by atoms with Crippen LogP contribution in [-0.2, 0) is 17.9 Å². The standard InChI is InChI=1S/C15H18FN3O2S/c1-2-13(16)14(18-9-12-6-4-8-22-12)19-15(17)21-10-11-5-3-7-20-11/h3-8,18H,2,9-10H2,1H3,(H2,17,19)/b14-13+. The van der Waals surface area contributed by atoms with Gasteiger partial charge in [0.25, 0.3) is 6.02 Å². The second kappa shape index (κ2) is 8.23. The van der Waals surface area contributed by atoms with Crippen molar-refractivity contribution in [2.24, 2.45) is 10.7 Å². The third kappa shape index (κ3) is 4.92. The number of hydrogen-bond donors (Lipinski definition) is 2. The van der Waals surface area contributed by atoms with Crippen LogP contribution in [0.25, 0.3) is 0 Å². The van der Waals surface area contributed by atoms with E-state index in [-0.39, 0.29) is 30.7 Å². The van der Waals surface area contributed by atoms with E-state index in [1.54, 1.807) is 30.4 Å². The van der Waals surface area contributed by atoms with Gasteiger partial charge in [-0.3, -0.25) is 0 Å². The Balaban J connectivity index is 1.97. The van der Waals surface area contributed by atoms with Crippen molar-refractivity contribution in [1.82, 2.24) is 5.32 Å². The number of halogens is 1. The Morgan fingerprint density at radius 1 is 1.45 bits per heavy atom. The van der Waals surface area contributed by atoms with Crippen LogP contribution in [0.1, 0.15) is 24.0 Å². The summed E-state index contributed by atoms with van der Waals surface area (Å²) in [6.45, 7) is 2.33. The monoisotopic (exact) mass is 323 g/mol. The SMILES string of the molecule is CC/C(F)=C(\N=C(/N)OCc1ccco1)NCc1cccs1. The first-order valence-electron chi connectivity index (χ1n) is 6.83. The minimum absolute atomic E-state index is 0.0906. The Hall–Kier alpha value is -2.28. The molecule has 118 valence electrons. The summed E-state index contributed by atoms with van der Waals surface area (Å²) in [5.41, 5.74) is 5.68. The van der Waals surface area contributed by atoms with Crippen LogP contribution in [0.2, 0.25) is 0 Å². The molecular weight excluding hydrogens is 305 g/mol. The molecule has 0 saturated carbocycles. The lowest BCUT2D eigenvalue weighted by Gasteiger charge is -2.09. The van der Waals surface area contributed by atoms with Crippen molar-refractivity contribution in [2.45, 2.75) is 26.5 Å². The van der Waals surface area contributed by atoms with E-state index in [1.807, 2.05) is 17.5 Å². The fraction of sp³-hybridized carbons (Fsp3) is 0.267. The first kappa shape index (κ1) is 16.1. The molecule has 0 aliphatic carbocycles. The van der Waals surface area contributed by atoms with E-state index in [4.69, 9.17) is 14.9 Å². The fourth-order valence-corrected chi connectivity index (χ4v) is 2.27. The van der Waals surface area contributed by atoms with Crippen molar-refractivity contribution in [2.75, 3.05) is 0 Å². The third-order valence-electron chi connectivity index (χ3n) is 2.74. The molecule has 2 rings (SSSR count). The summed E-state index contributed by atoms with van der Waals surface area (Å²) in [4.78, 5) is 5.05. The zero-order chi connectivity index (χ0) is 15.8. The predicted molar refractivity (Wildman–Crippen MR) is 84.7 cm³/mol. The molecule has 0 radical (unpaired) electrons. The van der Waals surface area contributed by atoms with Gasteiger partial charge in [-0.05, 0) is 23.6 Å². The van der Waals surface area contributed by atoms with Gasteiger partial charge in [-0.2, -0.15) is 4.99 Å². The Labute approximate surface area is 132 Å². The summed E-state index contributed by atoms with van der Waals surface area (Å²) in [6, 6.07) is 7.28. The Morgan fingerprint density at radius 2 is 2.32 bits per heavy atom. The predicted octanol–water partition coefficient (Wildman–Crippen LogP) is 3.51. The van der Waals surface area contributed by atoms with E-state index in [0.29, 0.717) is 12.3 Å². The smallest absolute Gasteiger partial charge is 0.289 e. The van der Waals surface area contributed by atoms with E-state index in [1.165, 1.54) is 6.26 Å². The van der Waals surface area contributed by atoms with Gasteiger partial charge in [0.15, 0.2) is 5.82 Å². The van der Waals surface area contributed by atoms with Gasteiger partial charge in [-0.1, -0.05) is 13.0 Å². The number of allylic oxidation sites excluding steroid dienone is 1. The molecular formula is C15H18FN3O2S. The minimum atomic E-state index is -0.374. The van der Waals surface area contributed by atoms with Crippen molar-refractivity contribution < 1.29 is 13.5 Å². The van der Waals surface area contributed by atoms with Crippen LogP contribution in [-0.4, -0.2) is 6.02 Å². The quantitative estimate of drug-likeness (QED) is 0.604. The van der Waals surface area contributed by atoms with Crippen molar-refractivity contribution >= 4 is 17.4 Å². The second-order valence-electron chi connectivity index (χ2n) is 4.36. The maximum absolute atomic E-state index is 13.9. The van der Waals surface area contributed by atoms with Crippen LogP contribution in [0.5, 0.6) is 0 Å². The zero-order valence-corrected chi connectivity index (χ0v) is 13.0. The molecule has 7 heteroatoms. The molecule has 0 aliphatic rings. The largest absolute Gasteiger partial charge is 0.466 e. The summed E-state index contributed by atoms with van der Waals surface area (Å²) >= 11 is 1.58. The van der Waals surface area contributed by atoms with Gasteiger partial charge in [0, 0.05) is 11.3 Å². The molecule has 2 aromatic heterocycles. The van der Waals surface area contributed by atoms with Crippen molar-refractivity contribution in [3.63, 3.8) is 0 Å². The van der Waals surface area contributed by atoms with Crippen LogP contribution in [0.3, 0.4) is 0 Å². The summed E-state index contributed by atoms with van der Waals surface area (Å²) in [5.74, 6) is 0.333. The Bertz CT molecular complexity index is 621. The number of hydrogen-bond acceptors (Lipinski definition) is 5. The summed E-state index contributed by atoms with van der Waals surface area (Å²) in [7, 11) is 0. The van der Waals surface area contributed by atoms with E-state index < -0.39 is 0 Å². The summed E-state index contributed by atoms with van der Waals surface area (Å²) < 4.78 is 24.2. The van der Waals surface area contributed by atoms with Gasteiger partial charge in [0.05, 0.1) is 12.8 Å². The number of furan rings is 1. The molecule has 2 heterocycles. The first-order chi connectivity index (χ1) is 10.7. The van der Waals surface area contributed by atoms with Crippen LogP contribution >= 0.6 is 11.3 Å². The molecule has 5 nitrogen and oxygen atoms in total. The average Bonchev–Trinajstić information content (AvgIpc) is 3.21. The number of nitrogens with one attached hydrogen (secondary N) is 1. The third-order valence-corrected chi connectivity index (χ3v) is 3.62. The molecule has 0 aromatic carbocycles. The van der Waals surface area contributed by atoms with Gasteiger partial charge in [0.1, 0.15) is 18.2 Å². The van der Waals surface area contributed by atoms with E-state index in [9.17, 15) is 4.39 Å². The van der Waals surface area contributed by atoms with Crippen molar-refractivity contribution in [3.05, 3.63) is 58.2 Å². The second-order valence-corrected chi connectivity index (χ2v) is 5.39. The van der Waals surface area contributed by atoms with Gasteiger partial charge >= 0.3 is 0 Å². The van der Waals surface area contributed by atoms with Crippen LogP contribution in [0.15, 0.2) is 57.0 Å². The van der Waals surface area contributed by atoms with Gasteiger partial charge in [-0.25, -0.2) is 4.39 Å². The Morgan fingerprint density at radius 3 is 2.95 bits per heavy atom. The van der Waals surface area contributed by atoms with E-state index in [2.05, 4.69) is 10.3 Å². The lowest BCUT2D eigenvalue weighted by atomic mass is 10.4. The highest BCUT2D eigenvalue weighted by atomic mass is 32.1. The number of amidine groups is 1.